The molecule has 0 N–H and O–H groups in total. The summed E-state index contributed by atoms with van der Waals surface area (Å²) in [6.07, 6.45) is 6.75. The highest BCUT2D eigenvalue weighted by Gasteiger charge is 2.55. The summed E-state index contributed by atoms with van der Waals surface area (Å²) in [5, 5.41) is 0. The van der Waals surface area contributed by atoms with Crippen LogP contribution in [0.4, 0.5) is 0 Å². The quantitative estimate of drug-likeness (QED) is 0.401. The lowest BCUT2D eigenvalue weighted by molar-refractivity contribution is -0.153. The lowest BCUT2D eigenvalue weighted by Crippen LogP contribution is -2.30. The van der Waals surface area contributed by atoms with E-state index in [1.165, 1.54) is 0 Å². The Balaban J connectivity index is 2.05. The van der Waals surface area contributed by atoms with Gasteiger partial charge in [0.2, 0.25) is 0 Å². The fraction of sp³-hybridized carbons (Fsp3) is 0.125. The first-order valence-electron chi connectivity index (χ1n) is 5.93. The van der Waals surface area contributed by atoms with Gasteiger partial charge in [-0.05, 0) is 12.1 Å². The van der Waals surface area contributed by atoms with Crippen LogP contribution in [-0.4, -0.2) is 11.9 Å². The highest BCUT2D eigenvalue weighted by Crippen LogP contribution is 2.40. The Morgan fingerprint density at radius 2 is 1.89 bits per heavy atom. The van der Waals surface area contributed by atoms with Crippen LogP contribution in [0.15, 0.2) is 54.6 Å². The number of allylic oxidation sites excluding steroid dienone is 2. The molecule has 3 nitrogen and oxygen atoms in total. The van der Waals surface area contributed by atoms with Crippen molar-refractivity contribution in [1.82, 2.24) is 0 Å². The Morgan fingerprint density at radius 1 is 1.11 bits per heavy atom. The van der Waals surface area contributed by atoms with Gasteiger partial charge in [-0.3, -0.25) is 4.79 Å². The van der Waals surface area contributed by atoms with Crippen LogP contribution < -0.4 is 0 Å². The first-order chi connectivity index (χ1) is 9.22. The predicted molar refractivity (Wildman–Crippen MR) is 68.6 cm³/mol. The summed E-state index contributed by atoms with van der Waals surface area (Å²) in [6, 6.07) is 9.33. The summed E-state index contributed by atoms with van der Waals surface area (Å²) in [7, 11) is 0. The fourth-order valence-electron chi connectivity index (χ4n) is 2.20. The molecule has 0 spiro atoms. The highest BCUT2D eigenvalue weighted by atomic mass is 16.6. The summed E-state index contributed by atoms with van der Waals surface area (Å²) in [4.78, 5) is 23.6. The normalized spacial score (nSPS) is 27.5. The van der Waals surface area contributed by atoms with Gasteiger partial charge in [0.15, 0.2) is 5.41 Å². The van der Waals surface area contributed by atoms with Gasteiger partial charge in [0, 0.05) is 5.56 Å². The van der Waals surface area contributed by atoms with Crippen molar-refractivity contribution in [3.8, 4) is 11.8 Å². The van der Waals surface area contributed by atoms with Crippen molar-refractivity contribution in [3.05, 3.63) is 60.2 Å². The van der Waals surface area contributed by atoms with E-state index in [4.69, 9.17) is 4.74 Å². The third kappa shape index (κ3) is 1.78. The van der Waals surface area contributed by atoms with Crippen LogP contribution in [0.2, 0.25) is 0 Å². The maximum Gasteiger partial charge on any atom is 0.337 e. The number of cyclic esters (lactones) is 2. The van der Waals surface area contributed by atoms with Crippen LogP contribution in [0, 0.1) is 23.2 Å². The van der Waals surface area contributed by atoms with Gasteiger partial charge in [-0.15, -0.1) is 0 Å². The predicted octanol–water partition coefficient (Wildman–Crippen LogP) is 1.85. The second-order valence-electron chi connectivity index (χ2n) is 4.42. The third-order valence-electron chi connectivity index (χ3n) is 3.24. The monoisotopic (exact) mass is 250 g/mol. The van der Waals surface area contributed by atoms with Crippen LogP contribution in [0.5, 0.6) is 0 Å². The Kier molecular flexibility index (Phi) is 2.57. The molecule has 19 heavy (non-hydrogen) atoms. The minimum atomic E-state index is -1.17. The Labute approximate surface area is 110 Å². The van der Waals surface area contributed by atoms with Crippen LogP contribution in [0.3, 0.4) is 0 Å². The minimum Gasteiger partial charge on any atom is -0.391 e. The van der Waals surface area contributed by atoms with Crippen molar-refractivity contribution in [3.63, 3.8) is 0 Å². The number of ether oxygens (including phenoxy) is 1. The zero-order valence-electron chi connectivity index (χ0n) is 10.00. The molecule has 0 bridgehead atoms. The minimum absolute atomic E-state index is 0.534. The molecule has 0 aromatic heterocycles. The summed E-state index contributed by atoms with van der Waals surface area (Å²) in [5.41, 5.74) is -0.368. The first kappa shape index (κ1) is 11.5. The van der Waals surface area contributed by atoms with E-state index < -0.39 is 23.3 Å². The van der Waals surface area contributed by atoms with Crippen molar-refractivity contribution in [2.45, 2.75) is 0 Å². The van der Waals surface area contributed by atoms with Gasteiger partial charge in [-0.1, -0.05) is 54.3 Å². The van der Waals surface area contributed by atoms with Crippen molar-refractivity contribution in [2.24, 2.45) is 11.3 Å². The summed E-state index contributed by atoms with van der Waals surface area (Å²) < 4.78 is 4.72. The molecule has 3 heteroatoms. The molecule has 1 heterocycles. The van der Waals surface area contributed by atoms with Gasteiger partial charge in [0.1, 0.15) is 5.92 Å². The standard InChI is InChI=1S/C16H10O3/c17-14-13-8-4-5-10-16(13,15(18)19-14)11-9-12-6-2-1-3-7-12/h1-8,10,13H. The van der Waals surface area contributed by atoms with E-state index in [0.29, 0.717) is 0 Å². The lowest BCUT2D eigenvalue weighted by Gasteiger charge is -2.19. The molecule has 2 aliphatic rings. The number of carbonyl (C=O) groups is 2. The smallest absolute Gasteiger partial charge is 0.337 e. The van der Waals surface area contributed by atoms with E-state index in [1.807, 2.05) is 30.3 Å². The topological polar surface area (TPSA) is 43.4 Å². The molecule has 3 rings (SSSR count). The molecular formula is C16H10O3. The van der Waals surface area contributed by atoms with E-state index in [-0.39, 0.29) is 0 Å². The number of rotatable bonds is 0. The molecule has 0 radical (unpaired) electrons. The van der Waals surface area contributed by atoms with Gasteiger partial charge in [-0.25, -0.2) is 4.79 Å². The number of benzene rings is 1. The van der Waals surface area contributed by atoms with Crippen LogP contribution in [0.1, 0.15) is 5.56 Å². The van der Waals surface area contributed by atoms with Crippen LogP contribution in [-0.2, 0) is 14.3 Å². The zero-order chi connectivity index (χ0) is 13.3. The number of hydrogen-bond acceptors (Lipinski definition) is 3. The second kappa shape index (κ2) is 4.25. The SMILES string of the molecule is O=C1OC(=O)C2(C#Cc3ccccc3)C=CC=CC12. The molecule has 1 aromatic carbocycles. The molecule has 2 unspecified atom stereocenters. The first-order valence-corrected chi connectivity index (χ1v) is 5.93. The Bertz CT molecular complexity index is 658. The largest absolute Gasteiger partial charge is 0.391 e. The summed E-state index contributed by atoms with van der Waals surface area (Å²) >= 11 is 0. The maximum atomic E-state index is 11.9. The van der Waals surface area contributed by atoms with Crippen molar-refractivity contribution < 1.29 is 14.3 Å². The molecular weight excluding hydrogens is 240 g/mol. The zero-order valence-corrected chi connectivity index (χ0v) is 10.00. The lowest BCUT2D eigenvalue weighted by atomic mass is 9.75. The number of carbonyl (C=O) groups excluding carboxylic acids is 2. The average Bonchev–Trinajstić information content (AvgIpc) is 2.70. The van der Waals surface area contributed by atoms with Gasteiger partial charge in [0.25, 0.3) is 0 Å². The van der Waals surface area contributed by atoms with Crippen molar-refractivity contribution in [1.29, 1.82) is 0 Å². The Morgan fingerprint density at radius 3 is 2.68 bits per heavy atom. The van der Waals surface area contributed by atoms with Crippen molar-refractivity contribution >= 4 is 11.9 Å². The van der Waals surface area contributed by atoms with E-state index in [0.717, 1.165) is 5.56 Å². The Hall–Kier alpha value is -2.60. The van der Waals surface area contributed by atoms with Crippen LogP contribution in [0.25, 0.3) is 0 Å². The van der Waals surface area contributed by atoms with E-state index in [1.54, 1.807) is 24.3 Å². The van der Waals surface area contributed by atoms with E-state index >= 15 is 0 Å². The average molecular weight is 250 g/mol. The van der Waals surface area contributed by atoms with Crippen molar-refractivity contribution in [2.75, 3.05) is 0 Å². The number of hydrogen-bond donors (Lipinski definition) is 0. The molecule has 0 amide bonds. The van der Waals surface area contributed by atoms with Gasteiger partial charge < -0.3 is 4.74 Å². The maximum absolute atomic E-state index is 11.9. The fourth-order valence-corrected chi connectivity index (χ4v) is 2.20. The number of fused-ring (bicyclic) bond motifs is 1. The molecule has 2 atom stereocenters. The van der Waals surface area contributed by atoms with Gasteiger partial charge >= 0.3 is 11.9 Å². The third-order valence-corrected chi connectivity index (χ3v) is 3.24. The number of esters is 2. The molecule has 1 aliphatic carbocycles. The van der Waals surface area contributed by atoms with Gasteiger partial charge in [0.05, 0.1) is 0 Å². The van der Waals surface area contributed by atoms with Crippen LogP contribution >= 0.6 is 0 Å². The van der Waals surface area contributed by atoms with Gasteiger partial charge in [-0.2, -0.15) is 0 Å². The molecule has 1 fully saturated rings. The summed E-state index contributed by atoms with van der Waals surface area (Å²) in [6.45, 7) is 0. The molecule has 1 saturated heterocycles. The molecule has 1 aliphatic heterocycles. The van der Waals surface area contributed by atoms with E-state index in [2.05, 4.69) is 11.8 Å². The molecule has 1 aromatic rings. The molecule has 0 saturated carbocycles. The summed E-state index contributed by atoms with van der Waals surface area (Å²) in [5.74, 6) is 4.09. The highest BCUT2D eigenvalue weighted by molar-refractivity contribution is 6.04. The molecule has 92 valence electrons. The van der Waals surface area contributed by atoms with E-state index in [9.17, 15) is 9.59 Å². The second-order valence-corrected chi connectivity index (χ2v) is 4.42.